The van der Waals surface area contributed by atoms with Gasteiger partial charge in [-0.15, -0.1) is 0 Å². The molecule has 0 saturated carbocycles. The highest BCUT2D eigenvalue weighted by molar-refractivity contribution is 6.30. The third-order valence-electron chi connectivity index (χ3n) is 5.94. The molecule has 1 aliphatic rings. The lowest BCUT2D eigenvalue weighted by atomic mass is 9.99. The van der Waals surface area contributed by atoms with Crippen LogP contribution in [0.5, 0.6) is 0 Å². The van der Waals surface area contributed by atoms with Crippen LogP contribution in [0.4, 0.5) is 5.82 Å². The molecule has 9 nitrogen and oxygen atoms in total. The largest absolute Gasteiger partial charge is 0.353 e. The number of hydrogen-bond donors (Lipinski definition) is 1. The third kappa shape index (κ3) is 5.09. The molecule has 1 unspecified atom stereocenters. The van der Waals surface area contributed by atoms with Gasteiger partial charge in [-0.05, 0) is 37.0 Å². The molecule has 0 spiro atoms. The highest BCUT2D eigenvalue weighted by atomic mass is 35.5. The predicted molar refractivity (Wildman–Crippen MR) is 129 cm³/mol. The van der Waals surface area contributed by atoms with Crippen molar-refractivity contribution in [1.82, 2.24) is 34.4 Å². The van der Waals surface area contributed by atoms with Crippen molar-refractivity contribution in [3.05, 3.63) is 78.4 Å². The highest BCUT2D eigenvalue weighted by Crippen LogP contribution is 2.27. The van der Waals surface area contributed by atoms with E-state index in [0.717, 1.165) is 37.2 Å². The van der Waals surface area contributed by atoms with Crippen LogP contribution in [0.2, 0.25) is 5.02 Å². The fraction of sp³-hybridized carbons (Fsp3) is 0.292. The van der Waals surface area contributed by atoms with Gasteiger partial charge in [-0.3, -0.25) is 13.9 Å². The smallest absolute Gasteiger partial charge is 0.238 e. The first-order chi connectivity index (χ1) is 16.7. The molecule has 34 heavy (non-hydrogen) atoms. The molecule has 4 heterocycles. The Balaban J connectivity index is 1.36. The zero-order valence-corrected chi connectivity index (χ0v) is 19.3. The molecule has 1 amide bonds. The van der Waals surface area contributed by atoms with E-state index in [4.69, 9.17) is 16.6 Å². The molecule has 0 aliphatic carbocycles. The SMILES string of the molecule is O=C(CC1CCCCN1c1cc(-n2ccnc2)nc(-n2ccnc2)n1)NCc1ccc(Cl)cc1. The number of anilines is 1. The molecule has 174 valence electrons. The molecule has 10 heteroatoms. The average molecular weight is 477 g/mol. The normalized spacial score (nSPS) is 15.9. The van der Waals surface area contributed by atoms with Crippen molar-refractivity contribution in [3.8, 4) is 11.8 Å². The number of nitrogens with one attached hydrogen (secondary N) is 1. The van der Waals surface area contributed by atoms with Crippen molar-refractivity contribution < 1.29 is 4.79 Å². The molecule has 1 N–H and O–H groups in total. The van der Waals surface area contributed by atoms with E-state index in [0.29, 0.717) is 29.8 Å². The summed E-state index contributed by atoms with van der Waals surface area (Å²) in [6.07, 6.45) is 13.9. The van der Waals surface area contributed by atoms with Gasteiger partial charge in [0.15, 0.2) is 0 Å². The van der Waals surface area contributed by atoms with Crippen molar-refractivity contribution in [2.24, 2.45) is 0 Å². The summed E-state index contributed by atoms with van der Waals surface area (Å²) >= 11 is 5.95. The van der Waals surface area contributed by atoms with Gasteiger partial charge < -0.3 is 10.2 Å². The lowest BCUT2D eigenvalue weighted by Crippen LogP contribution is -2.43. The third-order valence-corrected chi connectivity index (χ3v) is 6.19. The van der Waals surface area contributed by atoms with Crippen LogP contribution in [0.25, 0.3) is 11.8 Å². The first-order valence-corrected chi connectivity index (χ1v) is 11.7. The second-order valence-corrected chi connectivity index (χ2v) is 8.71. The number of amides is 1. The molecule has 4 aromatic rings. The minimum atomic E-state index is 0.0190. The number of piperidine rings is 1. The maximum atomic E-state index is 12.8. The van der Waals surface area contributed by atoms with E-state index in [9.17, 15) is 4.79 Å². The van der Waals surface area contributed by atoms with Gasteiger partial charge >= 0.3 is 0 Å². The molecular formula is C24H25ClN8O. The van der Waals surface area contributed by atoms with Gasteiger partial charge in [-0.1, -0.05) is 23.7 Å². The molecule has 5 rings (SSSR count). The molecule has 1 aromatic carbocycles. The van der Waals surface area contributed by atoms with Crippen molar-refractivity contribution in [2.45, 2.75) is 38.3 Å². The van der Waals surface area contributed by atoms with E-state index < -0.39 is 0 Å². The van der Waals surface area contributed by atoms with Gasteiger partial charge in [0.2, 0.25) is 11.9 Å². The first kappa shape index (κ1) is 22.1. The lowest BCUT2D eigenvalue weighted by Gasteiger charge is -2.36. The Labute approximate surface area is 202 Å². The topological polar surface area (TPSA) is 93.8 Å². The van der Waals surface area contributed by atoms with Gasteiger partial charge in [-0.25, -0.2) is 9.97 Å². The quantitative estimate of drug-likeness (QED) is 0.438. The number of imidazole rings is 2. The van der Waals surface area contributed by atoms with Gasteiger partial charge in [0, 0.05) is 61.4 Å². The van der Waals surface area contributed by atoms with Gasteiger partial charge in [0.25, 0.3) is 0 Å². The maximum Gasteiger partial charge on any atom is 0.238 e. The average Bonchev–Trinajstić information content (AvgIpc) is 3.59. The molecule has 1 saturated heterocycles. The number of halogens is 1. The van der Waals surface area contributed by atoms with Crippen LogP contribution in [0.3, 0.4) is 0 Å². The monoisotopic (exact) mass is 476 g/mol. The zero-order chi connectivity index (χ0) is 23.3. The van der Waals surface area contributed by atoms with Crippen molar-refractivity contribution >= 4 is 23.3 Å². The molecular weight excluding hydrogens is 452 g/mol. The molecule has 0 bridgehead atoms. The minimum Gasteiger partial charge on any atom is -0.353 e. The van der Waals surface area contributed by atoms with Crippen LogP contribution in [-0.4, -0.2) is 47.6 Å². The van der Waals surface area contributed by atoms with Crippen LogP contribution >= 0.6 is 11.6 Å². The Hall–Kier alpha value is -3.72. The van der Waals surface area contributed by atoms with Crippen LogP contribution in [-0.2, 0) is 11.3 Å². The molecule has 3 aromatic heterocycles. The summed E-state index contributed by atoms with van der Waals surface area (Å²) < 4.78 is 3.63. The highest BCUT2D eigenvalue weighted by Gasteiger charge is 2.27. The van der Waals surface area contributed by atoms with Crippen molar-refractivity contribution in [2.75, 3.05) is 11.4 Å². The summed E-state index contributed by atoms with van der Waals surface area (Å²) in [6.45, 7) is 1.31. The minimum absolute atomic E-state index is 0.0190. The summed E-state index contributed by atoms with van der Waals surface area (Å²) in [4.78, 5) is 32.8. The summed E-state index contributed by atoms with van der Waals surface area (Å²) in [5.74, 6) is 2.04. The lowest BCUT2D eigenvalue weighted by molar-refractivity contribution is -0.121. The molecule has 1 aliphatic heterocycles. The number of rotatable bonds is 7. The summed E-state index contributed by atoms with van der Waals surface area (Å²) in [5.41, 5.74) is 1.02. The van der Waals surface area contributed by atoms with Crippen LogP contribution in [0, 0.1) is 0 Å². The number of hydrogen-bond acceptors (Lipinski definition) is 6. The number of nitrogens with zero attached hydrogens (tertiary/aromatic N) is 7. The van der Waals surface area contributed by atoms with E-state index in [1.807, 2.05) is 47.3 Å². The van der Waals surface area contributed by atoms with Gasteiger partial charge in [-0.2, -0.15) is 9.97 Å². The Kier molecular flexibility index (Phi) is 6.53. The molecule has 1 fully saturated rings. The number of benzene rings is 1. The van der Waals surface area contributed by atoms with E-state index in [-0.39, 0.29) is 11.9 Å². The fourth-order valence-electron chi connectivity index (χ4n) is 4.18. The Morgan fingerprint density at radius 3 is 2.47 bits per heavy atom. The Bertz CT molecular complexity index is 1170. The predicted octanol–water partition coefficient (Wildman–Crippen LogP) is 3.57. The van der Waals surface area contributed by atoms with Gasteiger partial charge in [0.05, 0.1) is 0 Å². The fourth-order valence-corrected chi connectivity index (χ4v) is 4.31. The second-order valence-electron chi connectivity index (χ2n) is 8.27. The number of carbonyl (C=O) groups is 1. The second kappa shape index (κ2) is 10.0. The summed E-state index contributed by atoms with van der Waals surface area (Å²) in [5, 5.41) is 3.72. The number of aromatic nitrogens is 6. The summed E-state index contributed by atoms with van der Waals surface area (Å²) in [7, 11) is 0. The standard InChI is InChI=1S/C24H25ClN8O/c25-19-6-4-18(5-7-19)15-28-23(34)13-20-3-1-2-10-33(20)22-14-21(31-11-8-26-16-31)29-24(30-22)32-12-9-27-17-32/h4-9,11-12,14,16-17,20H,1-3,10,13,15H2,(H,28,34). The maximum absolute atomic E-state index is 12.8. The molecule has 1 atom stereocenters. The van der Waals surface area contributed by atoms with Crippen LogP contribution < -0.4 is 10.2 Å². The summed E-state index contributed by atoms with van der Waals surface area (Å²) in [6, 6.07) is 9.51. The van der Waals surface area contributed by atoms with E-state index in [1.54, 1.807) is 29.6 Å². The van der Waals surface area contributed by atoms with Crippen LogP contribution in [0.1, 0.15) is 31.2 Å². The van der Waals surface area contributed by atoms with Crippen LogP contribution in [0.15, 0.2) is 67.8 Å². The zero-order valence-electron chi connectivity index (χ0n) is 18.6. The van der Waals surface area contributed by atoms with Crippen molar-refractivity contribution in [3.63, 3.8) is 0 Å². The Morgan fingerprint density at radius 2 is 1.74 bits per heavy atom. The van der Waals surface area contributed by atoms with Gasteiger partial charge in [0.1, 0.15) is 24.3 Å². The van der Waals surface area contributed by atoms with E-state index >= 15 is 0 Å². The first-order valence-electron chi connectivity index (χ1n) is 11.3. The van der Waals surface area contributed by atoms with E-state index in [1.165, 1.54) is 0 Å². The van der Waals surface area contributed by atoms with E-state index in [2.05, 4.69) is 25.2 Å². The van der Waals surface area contributed by atoms with Crippen molar-refractivity contribution in [1.29, 1.82) is 0 Å². The number of carbonyl (C=O) groups excluding carboxylic acids is 1. The Morgan fingerprint density at radius 1 is 1.00 bits per heavy atom. The molecule has 0 radical (unpaired) electrons.